The van der Waals surface area contributed by atoms with E-state index < -0.39 is 0 Å². The van der Waals surface area contributed by atoms with Crippen molar-refractivity contribution < 1.29 is 0 Å². The lowest BCUT2D eigenvalue weighted by Crippen LogP contribution is -2.15. The summed E-state index contributed by atoms with van der Waals surface area (Å²) in [4.78, 5) is 0. The molecule has 0 bridgehead atoms. The standard InChI is InChI=1S/C15H18BrN3/c1-10-15(16)11(2)19(18-10)14-7-3-12(4-8-14)9-17-13-5-6-13/h3-4,7-8,13,17H,5-6,9H2,1-2H3. The van der Waals surface area contributed by atoms with Gasteiger partial charge in [-0.3, -0.25) is 0 Å². The molecule has 4 heteroatoms. The van der Waals surface area contributed by atoms with Crippen LogP contribution in [-0.2, 0) is 6.54 Å². The van der Waals surface area contributed by atoms with E-state index in [0.717, 1.165) is 34.1 Å². The zero-order valence-electron chi connectivity index (χ0n) is 11.3. The summed E-state index contributed by atoms with van der Waals surface area (Å²) in [5.74, 6) is 0. The number of aryl methyl sites for hydroxylation is 1. The van der Waals surface area contributed by atoms with Crippen LogP contribution in [0.3, 0.4) is 0 Å². The van der Waals surface area contributed by atoms with Crippen molar-refractivity contribution in [3.05, 3.63) is 45.7 Å². The van der Waals surface area contributed by atoms with Gasteiger partial charge in [-0.1, -0.05) is 12.1 Å². The molecule has 1 aromatic heterocycles. The van der Waals surface area contributed by atoms with Gasteiger partial charge in [0.15, 0.2) is 0 Å². The van der Waals surface area contributed by atoms with Gasteiger partial charge in [0.25, 0.3) is 0 Å². The summed E-state index contributed by atoms with van der Waals surface area (Å²) in [7, 11) is 0. The molecule has 1 fully saturated rings. The van der Waals surface area contributed by atoms with Crippen LogP contribution in [0, 0.1) is 13.8 Å². The summed E-state index contributed by atoms with van der Waals surface area (Å²) >= 11 is 3.57. The summed E-state index contributed by atoms with van der Waals surface area (Å²) < 4.78 is 3.07. The van der Waals surface area contributed by atoms with Crippen molar-refractivity contribution in [1.29, 1.82) is 0 Å². The first kappa shape index (κ1) is 12.9. The number of nitrogens with zero attached hydrogens (tertiary/aromatic N) is 2. The van der Waals surface area contributed by atoms with E-state index in [4.69, 9.17) is 0 Å². The zero-order chi connectivity index (χ0) is 13.4. The maximum absolute atomic E-state index is 4.55. The fourth-order valence-electron chi connectivity index (χ4n) is 2.18. The molecule has 19 heavy (non-hydrogen) atoms. The Morgan fingerprint density at radius 3 is 2.47 bits per heavy atom. The smallest absolute Gasteiger partial charge is 0.0743 e. The molecule has 0 unspecified atom stereocenters. The highest BCUT2D eigenvalue weighted by atomic mass is 79.9. The summed E-state index contributed by atoms with van der Waals surface area (Å²) in [6.07, 6.45) is 2.66. The molecule has 3 rings (SSSR count). The van der Waals surface area contributed by atoms with Crippen molar-refractivity contribution in [3.63, 3.8) is 0 Å². The van der Waals surface area contributed by atoms with Gasteiger partial charge in [0.05, 0.1) is 21.5 Å². The number of rotatable bonds is 4. The fraction of sp³-hybridized carbons (Fsp3) is 0.400. The van der Waals surface area contributed by atoms with Crippen LogP contribution in [-0.4, -0.2) is 15.8 Å². The molecule has 1 aliphatic carbocycles. The summed E-state index contributed by atoms with van der Waals surface area (Å²) in [6, 6.07) is 9.38. The molecule has 1 aliphatic rings. The molecule has 1 N–H and O–H groups in total. The highest BCUT2D eigenvalue weighted by Gasteiger charge is 2.19. The largest absolute Gasteiger partial charge is 0.310 e. The highest BCUT2D eigenvalue weighted by Crippen LogP contribution is 2.23. The molecule has 0 spiro atoms. The van der Waals surface area contributed by atoms with Gasteiger partial charge in [-0.05, 0) is 60.3 Å². The SMILES string of the molecule is Cc1nn(-c2ccc(CNC3CC3)cc2)c(C)c1Br. The Bertz CT molecular complexity index is 582. The van der Waals surface area contributed by atoms with E-state index in [2.05, 4.69) is 57.5 Å². The maximum atomic E-state index is 4.55. The number of nitrogens with one attached hydrogen (secondary N) is 1. The van der Waals surface area contributed by atoms with Crippen molar-refractivity contribution in [2.45, 2.75) is 39.3 Å². The van der Waals surface area contributed by atoms with E-state index >= 15 is 0 Å². The molecule has 3 nitrogen and oxygen atoms in total. The van der Waals surface area contributed by atoms with Crippen LogP contribution in [0.4, 0.5) is 0 Å². The van der Waals surface area contributed by atoms with E-state index in [0.29, 0.717) is 0 Å². The third-order valence-corrected chi connectivity index (χ3v) is 4.70. The lowest BCUT2D eigenvalue weighted by atomic mass is 10.2. The molecule has 1 heterocycles. The lowest BCUT2D eigenvalue weighted by molar-refractivity contribution is 0.687. The number of hydrogen-bond acceptors (Lipinski definition) is 2. The van der Waals surface area contributed by atoms with Gasteiger partial charge < -0.3 is 5.32 Å². The molecule has 0 amide bonds. The Hall–Kier alpha value is -1.13. The van der Waals surface area contributed by atoms with Gasteiger partial charge in [0, 0.05) is 12.6 Å². The fourth-order valence-corrected chi connectivity index (χ4v) is 2.43. The van der Waals surface area contributed by atoms with Gasteiger partial charge in [-0.15, -0.1) is 0 Å². The van der Waals surface area contributed by atoms with E-state index in [1.807, 2.05) is 11.6 Å². The van der Waals surface area contributed by atoms with Crippen molar-refractivity contribution in [3.8, 4) is 5.69 Å². The number of benzene rings is 1. The average Bonchev–Trinajstić information content (AvgIpc) is 3.21. The Labute approximate surface area is 122 Å². The lowest BCUT2D eigenvalue weighted by Gasteiger charge is -2.07. The van der Waals surface area contributed by atoms with Crippen molar-refractivity contribution in [2.24, 2.45) is 0 Å². The Morgan fingerprint density at radius 1 is 1.26 bits per heavy atom. The van der Waals surface area contributed by atoms with Crippen LogP contribution in [0.5, 0.6) is 0 Å². The van der Waals surface area contributed by atoms with Gasteiger partial charge in [0.2, 0.25) is 0 Å². The van der Waals surface area contributed by atoms with E-state index in [-0.39, 0.29) is 0 Å². The molecular weight excluding hydrogens is 302 g/mol. The maximum Gasteiger partial charge on any atom is 0.0743 e. The molecule has 0 aliphatic heterocycles. The predicted molar refractivity (Wildman–Crippen MR) is 80.6 cm³/mol. The molecule has 0 saturated heterocycles. The van der Waals surface area contributed by atoms with Crippen LogP contribution in [0.25, 0.3) is 5.69 Å². The third kappa shape index (κ3) is 2.74. The van der Waals surface area contributed by atoms with E-state index in [1.165, 1.54) is 18.4 Å². The third-order valence-electron chi connectivity index (χ3n) is 3.56. The van der Waals surface area contributed by atoms with Crippen LogP contribution >= 0.6 is 15.9 Å². The molecule has 2 aromatic rings. The van der Waals surface area contributed by atoms with Crippen molar-refractivity contribution in [2.75, 3.05) is 0 Å². The van der Waals surface area contributed by atoms with Crippen LogP contribution in [0.15, 0.2) is 28.7 Å². The summed E-state index contributed by atoms with van der Waals surface area (Å²) in [6.45, 7) is 5.06. The second-order valence-corrected chi connectivity index (χ2v) is 6.01. The van der Waals surface area contributed by atoms with Gasteiger partial charge in [0.1, 0.15) is 0 Å². The Balaban J connectivity index is 1.78. The number of hydrogen-bond donors (Lipinski definition) is 1. The second-order valence-electron chi connectivity index (χ2n) is 5.22. The molecule has 100 valence electrons. The van der Waals surface area contributed by atoms with Gasteiger partial charge in [-0.25, -0.2) is 4.68 Å². The minimum absolute atomic E-state index is 0.756. The Morgan fingerprint density at radius 2 is 1.95 bits per heavy atom. The predicted octanol–water partition coefficient (Wildman–Crippen LogP) is 3.50. The molecule has 1 aromatic carbocycles. The first-order valence-electron chi connectivity index (χ1n) is 6.69. The summed E-state index contributed by atoms with van der Waals surface area (Å²) in [5, 5.41) is 8.07. The molecule has 0 radical (unpaired) electrons. The second kappa shape index (κ2) is 5.10. The summed E-state index contributed by atoms with van der Waals surface area (Å²) in [5.41, 5.74) is 4.61. The van der Waals surface area contributed by atoms with Crippen LogP contribution in [0.2, 0.25) is 0 Å². The van der Waals surface area contributed by atoms with Crippen molar-refractivity contribution in [1.82, 2.24) is 15.1 Å². The molecule has 0 atom stereocenters. The first-order valence-corrected chi connectivity index (χ1v) is 7.49. The van der Waals surface area contributed by atoms with Crippen LogP contribution in [0.1, 0.15) is 29.8 Å². The van der Waals surface area contributed by atoms with Gasteiger partial charge in [-0.2, -0.15) is 5.10 Å². The minimum atomic E-state index is 0.756. The van der Waals surface area contributed by atoms with Gasteiger partial charge >= 0.3 is 0 Å². The first-order chi connectivity index (χ1) is 9.15. The topological polar surface area (TPSA) is 29.9 Å². The van der Waals surface area contributed by atoms with Crippen LogP contribution < -0.4 is 5.32 Å². The zero-order valence-corrected chi connectivity index (χ0v) is 12.9. The minimum Gasteiger partial charge on any atom is -0.310 e. The molecular formula is C15H18BrN3. The van der Waals surface area contributed by atoms with E-state index in [1.54, 1.807) is 0 Å². The normalized spacial score (nSPS) is 14.9. The molecule has 1 saturated carbocycles. The number of halogens is 1. The van der Waals surface area contributed by atoms with Crippen molar-refractivity contribution >= 4 is 15.9 Å². The quantitative estimate of drug-likeness (QED) is 0.934. The highest BCUT2D eigenvalue weighted by molar-refractivity contribution is 9.10. The van der Waals surface area contributed by atoms with E-state index in [9.17, 15) is 0 Å². The average molecular weight is 320 g/mol. The Kier molecular flexibility index (Phi) is 3.46. The monoisotopic (exact) mass is 319 g/mol. The number of aromatic nitrogens is 2.